The molecule has 4 rings (SSSR count). The van der Waals surface area contributed by atoms with Crippen LogP contribution in [-0.4, -0.2) is 57.6 Å². The van der Waals surface area contributed by atoms with Gasteiger partial charge in [-0.2, -0.15) is 0 Å². The molecule has 150 valence electrons. The molecular weight excluding hydrogens is 384 g/mol. The second-order valence-corrected chi connectivity index (χ2v) is 8.04. The summed E-state index contributed by atoms with van der Waals surface area (Å²) in [5, 5.41) is 41.6. The number of benzene rings is 2. The highest BCUT2D eigenvalue weighted by Crippen LogP contribution is 2.49. The lowest BCUT2D eigenvalue weighted by Gasteiger charge is -2.46. The van der Waals surface area contributed by atoms with Gasteiger partial charge in [0.2, 0.25) is 5.79 Å². The Bertz CT molecular complexity index is 872. The number of rotatable bonds is 4. The second-order valence-electron chi connectivity index (χ2n) is 7.63. The van der Waals surface area contributed by atoms with Gasteiger partial charge in [-0.25, -0.2) is 0 Å². The third-order valence-corrected chi connectivity index (χ3v) is 6.06. The van der Waals surface area contributed by atoms with Crippen molar-refractivity contribution in [3.63, 3.8) is 0 Å². The lowest BCUT2D eigenvalue weighted by atomic mass is 9.83. The first kappa shape index (κ1) is 19.8. The molecule has 0 spiro atoms. The van der Waals surface area contributed by atoms with E-state index < -0.39 is 36.3 Å². The molecule has 0 radical (unpaired) electrons. The molecule has 2 heterocycles. The highest BCUT2D eigenvalue weighted by atomic mass is 35.5. The number of aryl methyl sites for hydroxylation is 1. The van der Waals surface area contributed by atoms with Crippen molar-refractivity contribution in [2.45, 2.75) is 43.0 Å². The van der Waals surface area contributed by atoms with E-state index >= 15 is 0 Å². The summed E-state index contributed by atoms with van der Waals surface area (Å²) in [4.78, 5) is 0. The summed E-state index contributed by atoms with van der Waals surface area (Å²) < 4.78 is 11.7. The van der Waals surface area contributed by atoms with E-state index in [1.807, 2.05) is 31.2 Å². The van der Waals surface area contributed by atoms with Gasteiger partial charge in [0.1, 0.15) is 23.9 Å². The van der Waals surface area contributed by atoms with Gasteiger partial charge in [-0.3, -0.25) is 0 Å². The van der Waals surface area contributed by atoms with Gasteiger partial charge >= 0.3 is 0 Å². The Hall–Kier alpha value is -1.51. The summed E-state index contributed by atoms with van der Waals surface area (Å²) in [6.07, 6.45) is -3.96. The summed E-state index contributed by atoms with van der Waals surface area (Å²) in [7, 11) is 0. The van der Waals surface area contributed by atoms with Crippen molar-refractivity contribution in [1.82, 2.24) is 0 Å². The van der Waals surface area contributed by atoms with E-state index in [0.29, 0.717) is 17.0 Å². The first-order valence-corrected chi connectivity index (χ1v) is 9.53. The lowest BCUT2D eigenvalue weighted by Crippen LogP contribution is -2.65. The molecule has 4 N–H and O–H groups in total. The minimum atomic E-state index is -1.69. The second kappa shape index (κ2) is 7.07. The smallest absolute Gasteiger partial charge is 0.225 e. The van der Waals surface area contributed by atoms with Gasteiger partial charge in [0.05, 0.1) is 13.2 Å². The van der Waals surface area contributed by atoms with Gasteiger partial charge in [-0.15, -0.1) is 0 Å². The van der Waals surface area contributed by atoms with E-state index in [2.05, 4.69) is 0 Å². The Labute approximate surface area is 167 Å². The maximum absolute atomic E-state index is 10.7. The Balaban J connectivity index is 1.72. The number of aliphatic hydroxyl groups excluding tert-OH is 4. The van der Waals surface area contributed by atoms with E-state index in [1.54, 1.807) is 18.2 Å². The molecule has 2 fully saturated rings. The van der Waals surface area contributed by atoms with Crippen molar-refractivity contribution in [1.29, 1.82) is 0 Å². The predicted molar refractivity (Wildman–Crippen MR) is 102 cm³/mol. The molecule has 5 unspecified atom stereocenters. The van der Waals surface area contributed by atoms with Crippen LogP contribution in [0.15, 0.2) is 42.5 Å². The van der Waals surface area contributed by atoms with Crippen LogP contribution in [0.3, 0.4) is 0 Å². The molecule has 2 bridgehead atoms. The molecule has 0 aliphatic carbocycles. The van der Waals surface area contributed by atoms with Gasteiger partial charge in [-0.1, -0.05) is 47.5 Å². The van der Waals surface area contributed by atoms with Crippen LogP contribution in [0.4, 0.5) is 0 Å². The van der Waals surface area contributed by atoms with E-state index in [1.165, 1.54) is 0 Å². The molecule has 5 atom stereocenters. The van der Waals surface area contributed by atoms with Gasteiger partial charge in [0, 0.05) is 10.6 Å². The van der Waals surface area contributed by atoms with Crippen molar-refractivity contribution < 1.29 is 29.9 Å². The first-order valence-electron chi connectivity index (χ1n) is 9.15. The SMILES string of the molecule is Cc1ccc(Cc2cc(C34OCC(CO)(O3)C(O)C(O)C4O)ccc2Cl)cc1. The fraction of sp³-hybridized carbons (Fsp3) is 0.429. The molecule has 2 aliphatic rings. The van der Waals surface area contributed by atoms with Crippen LogP contribution >= 0.6 is 11.6 Å². The zero-order valence-electron chi connectivity index (χ0n) is 15.4. The third kappa shape index (κ3) is 2.97. The first-order chi connectivity index (χ1) is 13.3. The summed E-state index contributed by atoms with van der Waals surface area (Å²) in [5.41, 5.74) is 2.01. The van der Waals surface area contributed by atoms with E-state index in [9.17, 15) is 20.4 Å². The number of halogens is 1. The van der Waals surface area contributed by atoms with Crippen LogP contribution in [0, 0.1) is 6.92 Å². The standard InChI is InChI=1S/C21H23ClO6/c1-12-2-4-13(5-3-12)8-14-9-15(6-7-16(14)22)21-19(26)17(24)18(25)20(10-23,28-21)11-27-21/h2-7,9,17-19,23-26H,8,10-11H2,1H3. The summed E-state index contributed by atoms with van der Waals surface area (Å²) in [5.74, 6) is -1.69. The van der Waals surface area contributed by atoms with Gasteiger partial charge in [0.25, 0.3) is 0 Å². The topological polar surface area (TPSA) is 99.4 Å². The van der Waals surface area contributed by atoms with E-state index in [-0.39, 0.29) is 6.61 Å². The monoisotopic (exact) mass is 406 g/mol. The Morgan fingerprint density at radius 3 is 2.46 bits per heavy atom. The molecular formula is C21H23ClO6. The quantitative estimate of drug-likeness (QED) is 0.610. The van der Waals surface area contributed by atoms with Crippen molar-refractivity contribution in [2.24, 2.45) is 0 Å². The third-order valence-electron chi connectivity index (χ3n) is 5.69. The van der Waals surface area contributed by atoms with E-state index in [0.717, 1.165) is 16.7 Å². The zero-order valence-corrected chi connectivity index (χ0v) is 16.1. The highest BCUT2D eigenvalue weighted by molar-refractivity contribution is 6.31. The van der Waals surface area contributed by atoms with Crippen LogP contribution in [0.1, 0.15) is 22.3 Å². The number of hydrogen-bond donors (Lipinski definition) is 4. The average Bonchev–Trinajstić information content (AvgIpc) is 3.08. The largest absolute Gasteiger partial charge is 0.393 e. The lowest BCUT2D eigenvalue weighted by molar-refractivity contribution is -0.329. The maximum Gasteiger partial charge on any atom is 0.225 e. The number of fused-ring (bicyclic) bond motifs is 2. The maximum atomic E-state index is 10.7. The molecule has 0 saturated carbocycles. The Morgan fingerprint density at radius 1 is 1.07 bits per heavy atom. The predicted octanol–water partition coefficient (Wildman–Crippen LogP) is 1.27. The molecule has 2 aromatic rings. The van der Waals surface area contributed by atoms with Crippen LogP contribution in [0.25, 0.3) is 0 Å². The molecule has 2 aliphatic heterocycles. The average molecular weight is 407 g/mol. The summed E-state index contributed by atoms with van der Waals surface area (Å²) >= 11 is 6.38. The van der Waals surface area contributed by atoms with Crippen LogP contribution in [0.2, 0.25) is 5.02 Å². The highest BCUT2D eigenvalue weighted by Gasteiger charge is 2.67. The molecule has 0 amide bonds. The fourth-order valence-corrected chi connectivity index (χ4v) is 4.11. The summed E-state index contributed by atoms with van der Waals surface area (Å²) in [6, 6.07) is 13.2. The zero-order chi connectivity index (χ0) is 20.1. The van der Waals surface area contributed by atoms with Crippen molar-refractivity contribution in [2.75, 3.05) is 13.2 Å². The molecule has 0 aromatic heterocycles. The van der Waals surface area contributed by atoms with Crippen LogP contribution < -0.4 is 0 Å². The van der Waals surface area contributed by atoms with Crippen molar-refractivity contribution >= 4 is 11.6 Å². The molecule has 28 heavy (non-hydrogen) atoms. The molecule has 7 heteroatoms. The van der Waals surface area contributed by atoms with Gasteiger partial charge < -0.3 is 29.9 Å². The van der Waals surface area contributed by atoms with E-state index in [4.69, 9.17) is 21.1 Å². The molecule has 6 nitrogen and oxygen atoms in total. The van der Waals surface area contributed by atoms with Gasteiger partial charge in [-0.05, 0) is 36.6 Å². The molecule has 2 aromatic carbocycles. The van der Waals surface area contributed by atoms with Crippen molar-refractivity contribution in [3.8, 4) is 0 Å². The fourth-order valence-electron chi connectivity index (χ4n) is 3.93. The van der Waals surface area contributed by atoms with Gasteiger partial charge in [0.15, 0.2) is 0 Å². The summed E-state index contributed by atoms with van der Waals surface area (Å²) in [6.45, 7) is 1.31. The minimum Gasteiger partial charge on any atom is -0.393 e. The number of aliphatic hydroxyl groups is 4. The van der Waals surface area contributed by atoms with Crippen LogP contribution in [0.5, 0.6) is 0 Å². The van der Waals surface area contributed by atoms with Crippen LogP contribution in [-0.2, 0) is 21.7 Å². The van der Waals surface area contributed by atoms with Crippen molar-refractivity contribution in [3.05, 3.63) is 69.7 Å². The Morgan fingerprint density at radius 2 is 1.79 bits per heavy atom. The minimum absolute atomic E-state index is 0.158. The Kier molecular flexibility index (Phi) is 5.00. The number of ether oxygens (including phenoxy) is 2. The number of hydrogen-bond acceptors (Lipinski definition) is 6. The molecule has 2 saturated heterocycles. The normalized spacial score (nSPS) is 34.6.